The second-order valence-corrected chi connectivity index (χ2v) is 2.75. The summed E-state index contributed by atoms with van der Waals surface area (Å²) in [5.74, 6) is 0. The fourth-order valence-corrected chi connectivity index (χ4v) is 0.874. The van der Waals surface area contributed by atoms with Gasteiger partial charge in [-0.15, -0.1) is 0 Å². The molecule has 0 radical (unpaired) electrons. The van der Waals surface area contributed by atoms with E-state index in [4.69, 9.17) is 10.8 Å². The minimum Gasteiger partial charge on any atom is -0.395 e. The minimum absolute atomic E-state index is 0.0231. The van der Waals surface area contributed by atoms with E-state index in [1.54, 1.807) is 0 Å². The monoisotopic (exact) mass is 157 g/mol. The molecule has 0 amide bonds. The number of aliphatic hydroxyl groups excluding tert-OH is 1. The highest BCUT2D eigenvalue weighted by Gasteiger charge is 1.96. The van der Waals surface area contributed by atoms with Gasteiger partial charge in [-0.1, -0.05) is 19.1 Å². The van der Waals surface area contributed by atoms with E-state index in [9.17, 15) is 0 Å². The third-order valence-electron chi connectivity index (χ3n) is 1.58. The summed E-state index contributed by atoms with van der Waals surface area (Å²) < 4.78 is 0. The molecule has 2 nitrogen and oxygen atoms in total. The molecule has 0 aromatic rings. The van der Waals surface area contributed by atoms with Gasteiger partial charge in [0.2, 0.25) is 0 Å². The Morgan fingerprint density at radius 1 is 1.45 bits per heavy atom. The number of aliphatic hydroxyl groups is 1. The van der Waals surface area contributed by atoms with E-state index >= 15 is 0 Å². The molecule has 1 unspecified atom stereocenters. The molecule has 0 saturated heterocycles. The van der Waals surface area contributed by atoms with Crippen LogP contribution in [-0.2, 0) is 0 Å². The van der Waals surface area contributed by atoms with Crippen molar-refractivity contribution in [1.29, 1.82) is 0 Å². The molecule has 0 saturated carbocycles. The van der Waals surface area contributed by atoms with Gasteiger partial charge in [-0.25, -0.2) is 0 Å². The lowest BCUT2D eigenvalue weighted by Gasteiger charge is -2.04. The van der Waals surface area contributed by atoms with Crippen LogP contribution in [0, 0.1) is 0 Å². The lowest BCUT2D eigenvalue weighted by atomic mass is 10.1. The molecule has 0 spiro atoms. The van der Waals surface area contributed by atoms with Crippen LogP contribution in [0.1, 0.15) is 32.6 Å². The molecule has 66 valence electrons. The smallest absolute Gasteiger partial charge is 0.0582 e. The molecule has 0 fully saturated rings. The van der Waals surface area contributed by atoms with Crippen molar-refractivity contribution < 1.29 is 5.11 Å². The zero-order valence-electron chi connectivity index (χ0n) is 7.29. The first-order valence-corrected chi connectivity index (χ1v) is 4.32. The molecule has 1 atom stereocenters. The quantitative estimate of drug-likeness (QED) is 0.452. The molecule has 0 aromatic heterocycles. The SMILES string of the molecule is CC/C=C\CCCC(N)CO. The van der Waals surface area contributed by atoms with E-state index in [0.29, 0.717) is 0 Å². The van der Waals surface area contributed by atoms with Crippen molar-refractivity contribution in [3.63, 3.8) is 0 Å². The first-order valence-electron chi connectivity index (χ1n) is 4.32. The van der Waals surface area contributed by atoms with Crippen LogP contribution in [0.15, 0.2) is 12.2 Å². The van der Waals surface area contributed by atoms with Crippen molar-refractivity contribution in [3.8, 4) is 0 Å². The molecule has 3 N–H and O–H groups in total. The van der Waals surface area contributed by atoms with Gasteiger partial charge in [0.1, 0.15) is 0 Å². The third-order valence-corrected chi connectivity index (χ3v) is 1.58. The number of hydrogen-bond acceptors (Lipinski definition) is 2. The van der Waals surface area contributed by atoms with Crippen LogP contribution >= 0.6 is 0 Å². The fourth-order valence-electron chi connectivity index (χ4n) is 0.874. The summed E-state index contributed by atoms with van der Waals surface area (Å²) >= 11 is 0. The van der Waals surface area contributed by atoms with E-state index in [-0.39, 0.29) is 12.6 Å². The summed E-state index contributed by atoms with van der Waals surface area (Å²) in [4.78, 5) is 0. The molecular weight excluding hydrogens is 138 g/mol. The maximum absolute atomic E-state index is 8.59. The van der Waals surface area contributed by atoms with Gasteiger partial charge in [0.15, 0.2) is 0 Å². The van der Waals surface area contributed by atoms with Crippen LogP contribution in [-0.4, -0.2) is 17.8 Å². The first kappa shape index (κ1) is 10.7. The van der Waals surface area contributed by atoms with Gasteiger partial charge >= 0.3 is 0 Å². The van der Waals surface area contributed by atoms with Crippen LogP contribution in [0.3, 0.4) is 0 Å². The van der Waals surface area contributed by atoms with Crippen molar-refractivity contribution in [2.45, 2.75) is 38.6 Å². The van der Waals surface area contributed by atoms with Gasteiger partial charge in [-0.3, -0.25) is 0 Å². The van der Waals surface area contributed by atoms with Crippen LogP contribution in [0.25, 0.3) is 0 Å². The second-order valence-electron chi connectivity index (χ2n) is 2.75. The third kappa shape index (κ3) is 7.56. The highest BCUT2D eigenvalue weighted by molar-refractivity contribution is 4.80. The second kappa shape index (κ2) is 7.76. The van der Waals surface area contributed by atoms with Crippen LogP contribution in [0.5, 0.6) is 0 Å². The van der Waals surface area contributed by atoms with Gasteiger partial charge in [0.05, 0.1) is 6.61 Å². The highest BCUT2D eigenvalue weighted by Crippen LogP contribution is 1.99. The molecule has 0 aliphatic rings. The number of hydrogen-bond donors (Lipinski definition) is 2. The first-order chi connectivity index (χ1) is 5.31. The molecule has 0 bridgehead atoms. The van der Waals surface area contributed by atoms with Crippen molar-refractivity contribution in [2.24, 2.45) is 5.73 Å². The van der Waals surface area contributed by atoms with Crippen LogP contribution in [0.2, 0.25) is 0 Å². The van der Waals surface area contributed by atoms with E-state index in [2.05, 4.69) is 19.1 Å². The number of unbranched alkanes of at least 4 members (excludes halogenated alkanes) is 1. The molecule has 0 rings (SSSR count). The Hall–Kier alpha value is -0.340. The Morgan fingerprint density at radius 3 is 2.73 bits per heavy atom. The normalized spacial score (nSPS) is 14.1. The van der Waals surface area contributed by atoms with Gasteiger partial charge in [0, 0.05) is 6.04 Å². The lowest BCUT2D eigenvalue weighted by Crippen LogP contribution is -2.23. The Morgan fingerprint density at radius 2 is 2.18 bits per heavy atom. The standard InChI is InChI=1S/C9H19NO/c1-2-3-4-5-6-7-9(10)8-11/h3-4,9,11H,2,5-8,10H2,1H3/b4-3-. The number of allylic oxidation sites excluding steroid dienone is 2. The average Bonchev–Trinajstić information content (AvgIpc) is 2.04. The maximum Gasteiger partial charge on any atom is 0.0582 e. The van der Waals surface area contributed by atoms with E-state index < -0.39 is 0 Å². The zero-order valence-corrected chi connectivity index (χ0v) is 7.29. The topological polar surface area (TPSA) is 46.2 Å². The molecule has 0 aliphatic heterocycles. The molecule has 11 heavy (non-hydrogen) atoms. The Bertz CT molecular complexity index is 102. The largest absolute Gasteiger partial charge is 0.395 e. The summed E-state index contributed by atoms with van der Waals surface area (Å²) in [7, 11) is 0. The van der Waals surface area contributed by atoms with E-state index in [1.165, 1.54) is 0 Å². The highest BCUT2D eigenvalue weighted by atomic mass is 16.3. The summed E-state index contributed by atoms with van der Waals surface area (Å²) in [6, 6.07) is -0.0231. The average molecular weight is 157 g/mol. The predicted molar refractivity (Wildman–Crippen MR) is 48.3 cm³/mol. The summed E-state index contributed by atoms with van der Waals surface area (Å²) in [6.45, 7) is 2.23. The van der Waals surface area contributed by atoms with Gasteiger partial charge in [0.25, 0.3) is 0 Å². The Kier molecular flexibility index (Phi) is 7.52. The predicted octanol–water partition coefficient (Wildman–Crippen LogP) is 1.44. The minimum atomic E-state index is -0.0231. The van der Waals surface area contributed by atoms with E-state index in [1.807, 2.05) is 0 Å². The maximum atomic E-state index is 8.59. The van der Waals surface area contributed by atoms with Crippen molar-refractivity contribution in [3.05, 3.63) is 12.2 Å². The zero-order chi connectivity index (χ0) is 8.53. The fraction of sp³-hybridized carbons (Fsp3) is 0.778. The van der Waals surface area contributed by atoms with Gasteiger partial charge in [-0.2, -0.15) is 0 Å². The van der Waals surface area contributed by atoms with E-state index in [0.717, 1.165) is 25.7 Å². The lowest BCUT2D eigenvalue weighted by molar-refractivity contribution is 0.258. The molecule has 0 aromatic carbocycles. The summed E-state index contributed by atoms with van der Waals surface area (Å²) in [5, 5.41) is 8.59. The van der Waals surface area contributed by atoms with Gasteiger partial charge < -0.3 is 10.8 Å². The van der Waals surface area contributed by atoms with Crippen molar-refractivity contribution >= 4 is 0 Å². The molecule has 2 heteroatoms. The summed E-state index contributed by atoms with van der Waals surface area (Å²) in [6.07, 6.45) is 8.52. The Labute approximate surface area is 69.1 Å². The number of nitrogens with two attached hydrogens (primary N) is 1. The van der Waals surface area contributed by atoms with Crippen LogP contribution in [0.4, 0.5) is 0 Å². The van der Waals surface area contributed by atoms with Crippen LogP contribution < -0.4 is 5.73 Å². The summed E-state index contributed by atoms with van der Waals surface area (Å²) in [5.41, 5.74) is 5.51. The van der Waals surface area contributed by atoms with Gasteiger partial charge in [-0.05, 0) is 25.7 Å². The number of rotatable bonds is 6. The molecular formula is C9H19NO. The van der Waals surface area contributed by atoms with Crippen molar-refractivity contribution in [1.82, 2.24) is 0 Å². The molecule has 0 aliphatic carbocycles. The molecule has 0 heterocycles. The van der Waals surface area contributed by atoms with Crippen molar-refractivity contribution in [2.75, 3.05) is 6.61 Å². The Balaban J connectivity index is 3.07.